The summed E-state index contributed by atoms with van der Waals surface area (Å²) in [5.74, 6) is 0. The molecule has 72 valence electrons. The van der Waals surface area contributed by atoms with E-state index in [4.69, 9.17) is 0 Å². The van der Waals surface area contributed by atoms with Crippen molar-refractivity contribution in [2.75, 3.05) is 21.9 Å². The monoisotopic (exact) mass is 393 g/mol. The summed E-state index contributed by atoms with van der Waals surface area (Å²) in [5, 5.41) is 0. The standard InChI is InChI=1S/C9H17I2N/c10-5-3-9(4-6-11)12-7-1-2-8-12/h9H,1-8H2. The van der Waals surface area contributed by atoms with Gasteiger partial charge in [0, 0.05) is 14.9 Å². The summed E-state index contributed by atoms with van der Waals surface area (Å²) < 4.78 is 2.63. The number of halogens is 2. The van der Waals surface area contributed by atoms with Gasteiger partial charge in [-0.05, 0) is 38.8 Å². The molecule has 0 aliphatic carbocycles. The average molecular weight is 393 g/mol. The first kappa shape index (κ1) is 11.5. The number of alkyl halides is 2. The molecule has 12 heavy (non-hydrogen) atoms. The zero-order chi connectivity index (χ0) is 8.81. The minimum absolute atomic E-state index is 0.890. The van der Waals surface area contributed by atoms with Crippen LogP contribution >= 0.6 is 45.2 Å². The molecular weight excluding hydrogens is 376 g/mol. The number of hydrogen-bond acceptors (Lipinski definition) is 1. The van der Waals surface area contributed by atoms with E-state index in [1.54, 1.807) is 0 Å². The number of likely N-dealkylation sites (tertiary alicyclic amines) is 1. The van der Waals surface area contributed by atoms with Crippen LogP contribution in [0.5, 0.6) is 0 Å². The lowest BCUT2D eigenvalue weighted by molar-refractivity contribution is 0.234. The molecule has 0 saturated carbocycles. The van der Waals surface area contributed by atoms with Crippen molar-refractivity contribution in [2.45, 2.75) is 31.7 Å². The van der Waals surface area contributed by atoms with E-state index in [2.05, 4.69) is 50.1 Å². The molecule has 0 aromatic carbocycles. The molecule has 0 amide bonds. The third kappa shape index (κ3) is 3.65. The Morgan fingerprint density at radius 2 is 1.50 bits per heavy atom. The van der Waals surface area contributed by atoms with Gasteiger partial charge in [0.15, 0.2) is 0 Å². The fourth-order valence-corrected chi connectivity index (χ4v) is 3.31. The van der Waals surface area contributed by atoms with Gasteiger partial charge in [0.2, 0.25) is 0 Å². The van der Waals surface area contributed by atoms with Gasteiger partial charge < -0.3 is 4.90 Å². The largest absolute Gasteiger partial charge is 0.300 e. The second-order valence-electron chi connectivity index (χ2n) is 3.35. The fourth-order valence-electron chi connectivity index (χ4n) is 1.87. The molecule has 3 heteroatoms. The van der Waals surface area contributed by atoms with Gasteiger partial charge in [0.1, 0.15) is 0 Å². The second-order valence-corrected chi connectivity index (χ2v) is 5.51. The van der Waals surface area contributed by atoms with Gasteiger partial charge in [-0.1, -0.05) is 45.2 Å². The van der Waals surface area contributed by atoms with Crippen molar-refractivity contribution < 1.29 is 0 Å². The number of hydrogen-bond donors (Lipinski definition) is 0. The third-order valence-electron chi connectivity index (χ3n) is 2.54. The molecule has 0 radical (unpaired) electrons. The van der Waals surface area contributed by atoms with Crippen LogP contribution in [0, 0.1) is 0 Å². The topological polar surface area (TPSA) is 3.24 Å². The predicted octanol–water partition coefficient (Wildman–Crippen LogP) is 3.10. The lowest BCUT2D eigenvalue weighted by Gasteiger charge is -2.26. The average Bonchev–Trinajstić information content (AvgIpc) is 2.56. The lowest BCUT2D eigenvalue weighted by Crippen LogP contribution is -2.33. The second kappa shape index (κ2) is 6.81. The van der Waals surface area contributed by atoms with Gasteiger partial charge in [0.25, 0.3) is 0 Å². The van der Waals surface area contributed by atoms with Gasteiger partial charge in [0.05, 0.1) is 0 Å². The maximum absolute atomic E-state index is 2.69. The van der Waals surface area contributed by atoms with Gasteiger partial charge in [-0.3, -0.25) is 0 Å². The van der Waals surface area contributed by atoms with E-state index in [0.29, 0.717) is 0 Å². The van der Waals surface area contributed by atoms with Crippen molar-refractivity contribution in [2.24, 2.45) is 0 Å². The molecular formula is C9H17I2N. The summed E-state index contributed by atoms with van der Waals surface area (Å²) in [4.78, 5) is 2.69. The summed E-state index contributed by atoms with van der Waals surface area (Å²) in [6, 6.07) is 0.890. The van der Waals surface area contributed by atoms with E-state index in [1.807, 2.05) is 0 Å². The SMILES string of the molecule is ICCC(CCI)N1CCCC1. The molecule has 0 spiro atoms. The highest BCUT2D eigenvalue weighted by Gasteiger charge is 2.20. The maximum atomic E-state index is 2.69. The van der Waals surface area contributed by atoms with Crippen LogP contribution in [0.1, 0.15) is 25.7 Å². The van der Waals surface area contributed by atoms with Gasteiger partial charge in [-0.15, -0.1) is 0 Å². The summed E-state index contributed by atoms with van der Waals surface area (Å²) >= 11 is 5.00. The molecule has 0 aromatic heterocycles. The third-order valence-corrected chi connectivity index (χ3v) is 3.79. The normalized spacial score (nSPS) is 19.2. The van der Waals surface area contributed by atoms with Gasteiger partial charge in [-0.2, -0.15) is 0 Å². The molecule has 0 N–H and O–H groups in total. The lowest BCUT2D eigenvalue weighted by atomic mass is 10.1. The van der Waals surface area contributed by atoms with Gasteiger partial charge in [-0.25, -0.2) is 0 Å². The molecule has 1 saturated heterocycles. The Labute approximate surface area is 103 Å². The van der Waals surface area contributed by atoms with Crippen molar-refractivity contribution in [1.29, 1.82) is 0 Å². The molecule has 0 unspecified atom stereocenters. The zero-order valence-corrected chi connectivity index (χ0v) is 11.8. The highest BCUT2D eigenvalue weighted by Crippen LogP contribution is 2.18. The summed E-state index contributed by atoms with van der Waals surface area (Å²) in [6.07, 6.45) is 5.64. The molecule has 1 fully saturated rings. The Balaban J connectivity index is 2.29. The van der Waals surface area contributed by atoms with E-state index in [9.17, 15) is 0 Å². The number of rotatable bonds is 5. The Hall–Kier alpha value is 1.42. The van der Waals surface area contributed by atoms with Crippen LogP contribution in [0.15, 0.2) is 0 Å². The summed E-state index contributed by atoms with van der Waals surface area (Å²) in [6.45, 7) is 2.72. The molecule has 1 aliphatic heterocycles. The van der Waals surface area contributed by atoms with Crippen LogP contribution in [-0.2, 0) is 0 Å². The minimum atomic E-state index is 0.890. The van der Waals surface area contributed by atoms with Crippen LogP contribution in [-0.4, -0.2) is 32.9 Å². The zero-order valence-electron chi connectivity index (χ0n) is 7.44. The summed E-state index contributed by atoms with van der Waals surface area (Å²) in [7, 11) is 0. The summed E-state index contributed by atoms with van der Waals surface area (Å²) in [5.41, 5.74) is 0. The van der Waals surface area contributed by atoms with Crippen LogP contribution in [0.2, 0.25) is 0 Å². The highest BCUT2D eigenvalue weighted by atomic mass is 127. The smallest absolute Gasteiger partial charge is 0.0110 e. The first-order chi connectivity index (χ1) is 5.88. The van der Waals surface area contributed by atoms with Gasteiger partial charge >= 0.3 is 0 Å². The van der Waals surface area contributed by atoms with Crippen LogP contribution < -0.4 is 0 Å². The number of nitrogens with zero attached hydrogens (tertiary/aromatic N) is 1. The molecule has 0 atom stereocenters. The van der Waals surface area contributed by atoms with Crippen molar-refractivity contribution in [1.82, 2.24) is 4.90 Å². The predicted molar refractivity (Wildman–Crippen MR) is 71.6 cm³/mol. The van der Waals surface area contributed by atoms with Crippen molar-refractivity contribution in [3.8, 4) is 0 Å². The quantitative estimate of drug-likeness (QED) is 0.513. The molecule has 1 rings (SSSR count). The van der Waals surface area contributed by atoms with Crippen LogP contribution in [0.25, 0.3) is 0 Å². The Bertz CT molecular complexity index is 107. The Kier molecular flexibility index (Phi) is 6.53. The molecule has 0 bridgehead atoms. The van der Waals surface area contributed by atoms with E-state index in [-0.39, 0.29) is 0 Å². The molecule has 1 heterocycles. The van der Waals surface area contributed by atoms with Crippen molar-refractivity contribution >= 4 is 45.2 Å². The maximum Gasteiger partial charge on any atom is 0.0110 e. The first-order valence-electron chi connectivity index (χ1n) is 4.74. The molecule has 1 nitrogen and oxygen atoms in total. The van der Waals surface area contributed by atoms with Crippen molar-refractivity contribution in [3.63, 3.8) is 0 Å². The van der Waals surface area contributed by atoms with Crippen LogP contribution in [0.4, 0.5) is 0 Å². The van der Waals surface area contributed by atoms with E-state index < -0.39 is 0 Å². The van der Waals surface area contributed by atoms with E-state index >= 15 is 0 Å². The van der Waals surface area contributed by atoms with Crippen molar-refractivity contribution in [3.05, 3.63) is 0 Å². The van der Waals surface area contributed by atoms with E-state index in [0.717, 1.165) is 6.04 Å². The van der Waals surface area contributed by atoms with E-state index in [1.165, 1.54) is 47.6 Å². The molecule has 1 aliphatic rings. The molecule has 0 aromatic rings. The Morgan fingerprint density at radius 3 is 1.92 bits per heavy atom. The Morgan fingerprint density at radius 1 is 1.00 bits per heavy atom. The minimum Gasteiger partial charge on any atom is -0.300 e. The van der Waals surface area contributed by atoms with Crippen LogP contribution in [0.3, 0.4) is 0 Å². The first-order valence-corrected chi connectivity index (χ1v) is 7.79. The highest BCUT2D eigenvalue weighted by molar-refractivity contribution is 14.1. The fraction of sp³-hybridized carbons (Fsp3) is 1.00.